The topological polar surface area (TPSA) is 78.9 Å². The van der Waals surface area contributed by atoms with E-state index in [9.17, 15) is 27.6 Å². The van der Waals surface area contributed by atoms with Crippen molar-refractivity contribution in [2.45, 2.75) is 101 Å². The lowest BCUT2D eigenvalue weighted by Crippen LogP contribution is -2.64. The molecule has 0 N–H and O–H groups in total. The van der Waals surface area contributed by atoms with E-state index in [2.05, 4.69) is 0 Å². The van der Waals surface area contributed by atoms with E-state index >= 15 is 8.78 Å². The molecule has 2 bridgehead atoms. The molecule has 0 amide bonds. The summed E-state index contributed by atoms with van der Waals surface area (Å²) in [5.41, 5.74) is -10.8. The van der Waals surface area contributed by atoms with Crippen LogP contribution in [0.5, 0.6) is 0 Å². The molecule has 0 radical (unpaired) electrons. The highest BCUT2D eigenvalue weighted by molar-refractivity contribution is 5.97. The van der Waals surface area contributed by atoms with Crippen molar-refractivity contribution >= 4 is 17.9 Å². The predicted octanol–water partition coefficient (Wildman–Crippen LogP) is 4.13. The lowest BCUT2D eigenvalue weighted by atomic mass is 9.73. The normalized spacial score (nSPS) is 40.4. The number of hydrogen-bond acceptors (Lipinski definition) is 6. The van der Waals surface area contributed by atoms with Gasteiger partial charge in [-0.1, -0.05) is 13.8 Å². The van der Waals surface area contributed by atoms with Crippen LogP contribution in [0.15, 0.2) is 0 Å². The van der Waals surface area contributed by atoms with Gasteiger partial charge < -0.3 is 14.2 Å². The molecule has 3 saturated carbocycles. The molecule has 33 heavy (non-hydrogen) atoms. The Hall–Kier alpha value is -1.94. The monoisotopic (exact) mass is 482 g/mol. The Morgan fingerprint density at radius 3 is 2.24 bits per heavy atom. The summed E-state index contributed by atoms with van der Waals surface area (Å²) in [7, 11) is 0. The molecular weight excluding hydrogens is 455 g/mol. The maximum atomic E-state index is 16.4. The first-order valence-electron chi connectivity index (χ1n) is 11.3. The highest BCUT2D eigenvalue weighted by atomic mass is 19.4. The summed E-state index contributed by atoms with van der Waals surface area (Å²) >= 11 is 0. The summed E-state index contributed by atoms with van der Waals surface area (Å²) in [5.74, 6) is -8.08. The quantitative estimate of drug-likeness (QED) is 0.322. The van der Waals surface area contributed by atoms with Gasteiger partial charge in [0.25, 0.3) is 11.3 Å². The summed E-state index contributed by atoms with van der Waals surface area (Å²) in [6.07, 6.45) is -6.51. The lowest BCUT2D eigenvalue weighted by molar-refractivity contribution is -0.239. The van der Waals surface area contributed by atoms with E-state index in [1.165, 1.54) is 0 Å². The second-order valence-corrected chi connectivity index (χ2v) is 9.93. The third-order valence-electron chi connectivity index (χ3n) is 8.51. The van der Waals surface area contributed by atoms with Crippen molar-refractivity contribution in [2.24, 2.45) is 17.3 Å². The minimum atomic E-state index is -4.96. The molecule has 11 heteroatoms. The Morgan fingerprint density at radius 1 is 1.12 bits per heavy atom. The molecule has 1 heterocycles. The first-order valence-corrected chi connectivity index (χ1v) is 11.3. The van der Waals surface area contributed by atoms with Gasteiger partial charge in [-0.05, 0) is 51.9 Å². The van der Waals surface area contributed by atoms with Crippen LogP contribution in [0.4, 0.5) is 22.0 Å². The highest BCUT2D eigenvalue weighted by Gasteiger charge is 2.88. The summed E-state index contributed by atoms with van der Waals surface area (Å²) in [4.78, 5) is 38.0. The van der Waals surface area contributed by atoms with Gasteiger partial charge in [0, 0.05) is 11.8 Å². The predicted molar refractivity (Wildman–Crippen MR) is 101 cm³/mol. The fourth-order valence-corrected chi connectivity index (χ4v) is 5.96. The first kappa shape index (κ1) is 24.2. The number of carbonyl (C=O) groups is 3. The highest BCUT2D eigenvalue weighted by Crippen LogP contribution is 2.67. The van der Waals surface area contributed by atoms with Crippen LogP contribution in [-0.2, 0) is 28.6 Å². The Balaban J connectivity index is 1.67. The third kappa shape index (κ3) is 2.92. The van der Waals surface area contributed by atoms with E-state index in [1.807, 2.05) is 0 Å². The molecule has 7 atom stereocenters. The van der Waals surface area contributed by atoms with Crippen molar-refractivity contribution in [3.63, 3.8) is 0 Å². The van der Waals surface area contributed by atoms with Crippen molar-refractivity contribution in [2.75, 3.05) is 0 Å². The van der Waals surface area contributed by atoms with Crippen LogP contribution in [0, 0.1) is 17.3 Å². The van der Waals surface area contributed by atoms with Crippen LogP contribution in [0.25, 0.3) is 0 Å². The van der Waals surface area contributed by atoms with E-state index in [0.717, 1.165) is 19.8 Å². The van der Waals surface area contributed by atoms with Gasteiger partial charge in [-0.15, -0.1) is 0 Å². The van der Waals surface area contributed by atoms with Crippen molar-refractivity contribution in [3.8, 4) is 0 Å². The van der Waals surface area contributed by atoms with Crippen LogP contribution in [0.3, 0.4) is 0 Å². The van der Waals surface area contributed by atoms with Gasteiger partial charge in [-0.3, -0.25) is 4.79 Å². The Morgan fingerprint density at radius 2 is 1.73 bits per heavy atom. The molecule has 4 rings (SSSR count). The van der Waals surface area contributed by atoms with Gasteiger partial charge in [0.1, 0.15) is 17.8 Å². The first-order chi connectivity index (χ1) is 15.2. The number of alkyl halides is 5. The average Bonchev–Trinajstić information content (AvgIpc) is 3.46. The molecule has 4 fully saturated rings. The zero-order valence-corrected chi connectivity index (χ0v) is 18.6. The second-order valence-electron chi connectivity index (χ2n) is 9.93. The Kier molecular flexibility index (Phi) is 5.34. The van der Waals surface area contributed by atoms with Crippen LogP contribution in [-0.4, -0.2) is 53.2 Å². The molecule has 0 spiro atoms. The largest absolute Gasteiger partial charge is 0.457 e. The third-order valence-corrected chi connectivity index (χ3v) is 8.51. The van der Waals surface area contributed by atoms with Gasteiger partial charge in [-0.2, -0.15) is 13.2 Å². The van der Waals surface area contributed by atoms with E-state index in [1.54, 1.807) is 6.92 Å². The van der Waals surface area contributed by atoms with Crippen molar-refractivity contribution in [1.82, 2.24) is 0 Å². The zero-order valence-electron chi connectivity index (χ0n) is 18.6. The number of fused-ring (bicyclic) bond motifs is 1. The number of rotatable bonds is 6. The molecule has 0 aromatic carbocycles. The Bertz CT molecular complexity index is 870. The van der Waals surface area contributed by atoms with Gasteiger partial charge in [-0.25, -0.2) is 18.4 Å². The number of ether oxygens (including phenoxy) is 3. The fraction of sp³-hybridized carbons (Fsp3) is 0.864. The summed E-state index contributed by atoms with van der Waals surface area (Å²) in [5, 5.41) is 0. The fourth-order valence-electron chi connectivity index (χ4n) is 5.96. The minimum Gasteiger partial charge on any atom is -0.457 e. The second kappa shape index (κ2) is 7.28. The number of hydrogen-bond donors (Lipinski definition) is 0. The standard InChI is InChI=1S/C22H27F5O6/c1-4-18(3,22(25,26)27)15(28)31-13-12-10-11-14(13)32-16(29)20(11,23)21(12,24)17(30)33-19(5-2)8-6-7-9-19/h11-14H,4-10H2,1-3H3. The van der Waals surface area contributed by atoms with Crippen LogP contribution >= 0.6 is 0 Å². The van der Waals surface area contributed by atoms with Crippen LogP contribution < -0.4 is 0 Å². The molecule has 6 nitrogen and oxygen atoms in total. The van der Waals surface area contributed by atoms with Gasteiger partial charge in [0.05, 0.1) is 0 Å². The molecular formula is C22H27F5O6. The molecule has 0 aromatic rings. The lowest BCUT2D eigenvalue weighted by Gasteiger charge is -2.40. The Labute approximate surface area is 187 Å². The number of esters is 3. The van der Waals surface area contributed by atoms with Crippen molar-refractivity contribution in [1.29, 1.82) is 0 Å². The van der Waals surface area contributed by atoms with E-state index in [0.29, 0.717) is 26.2 Å². The summed E-state index contributed by atoms with van der Waals surface area (Å²) in [6.45, 7) is 3.52. The van der Waals surface area contributed by atoms with Gasteiger partial charge >= 0.3 is 24.1 Å². The van der Waals surface area contributed by atoms with Crippen molar-refractivity contribution in [3.05, 3.63) is 0 Å². The van der Waals surface area contributed by atoms with Gasteiger partial charge in [0.2, 0.25) is 0 Å². The summed E-state index contributed by atoms with van der Waals surface area (Å²) < 4.78 is 88.4. The number of carbonyl (C=O) groups excluding carboxylic acids is 3. The molecule has 1 saturated heterocycles. The molecule has 186 valence electrons. The van der Waals surface area contributed by atoms with Crippen molar-refractivity contribution < 1.29 is 50.5 Å². The zero-order chi connectivity index (χ0) is 24.6. The minimum absolute atomic E-state index is 0.355. The number of halogens is 5. The van der Waals surface area contributed by atoms with Gasteiger partial charge in [0.15, 0.2) is 5.41 Å². The van der Waals surface area contributed by atoms with E-state index < -0.39 is 83.3 Å². The molecule has 4 aliphatic rings. The van der Waals surface area contributed by atoms with E-state index in [-0.39, 0.29) is 0 Å². The molecule has 7 unspecified atom stereocenters. The van der Waals surface area contributed by atoms with Crippen LogP contribution in [0.2, 0.25) is 0 Å². The SMILES string of the molecule is CCC1(OC(=O)C2(F)C3CC4C(OC(=O)C42F)C3OC(=O)C(C)(CC)C(F)(F)F)CCCC1. The maximum absolute atomic E-state index is 16.4. The molecule has 0 aromatic heterocycles. The average molecular weight is 482 g/mol. The molecule has 1 aliphatic heterocycles. The maximum Gasteiger partial charge on any atom is 0.404 e. The summed E-state index contributed by atoms with van der Waals surface area (Å²) in [6, 6.07) is 0. The van der Waals surface area contributed by atoms with Crippen LogP contribution in [0.1, 0.15) is 65.7 Å². The smallest absolute Gasteiger partial charge is 0.404 e. The van der Waals surface area contributed by atoms with E-state index in [4.69, 9.17) is 14.2 Å². The molecule has 3 aliphatic carbocycles.